The standard InChI is InChI=1S/C10H22.2C2H6/c1-5-10(4)8-6-7-9(2)3;2*1-2/h9-10H,5-8H2,1-4H3;2*1-2H3. The zero-order valence-corrected chi connectivity index (χ0v) is 12.0. The number of hydrogen-bond acceptors (Lipinski definition) is 0. The first kappa shape index (κ1) is 19.6. The predicted octanol–water partition coefficient (Wildman–Crippen LogP) is 5.91. The molecular weight excluding hydrogens is 168 g/mol. The zero-order chi connectivity index (χ0) is 12.0. The quantitative estimate of drug-likeness (QED) is 0.520. The van der Waals surface area contributed by atoms with Crippen molar-refractivity contribution in [1.29, 1.82) is 0 Å². The van der Waals surface area contributed by atoms with Gasteiger partial charge in [0.15, 0.2) is 0 Å². The molecule has 0 aromatic heterocycles. The summed E-state index contributed by atoms with van der Waals surface area (Å²) in [7, 11) is 0. The highest BCUT2D eigenvalue weighted by Gasteiger charge is 1.99. The summed E-state index contributed by atoms with van der Waals surface area (Å²) < 4.78 is 0. The summed E-state index contributed by atoms with van der Waals surface area (Å²) in [6.07, 6.45) is 5.60. The summed E-state index contributed by atoms with van der Waals surface area (Å²) >= 11 is 0. The Morgan fingerprint density at radius 1 is 0.786 bits per heavy atom. The summed E-state index contributed by atoms with van der Waals surface area (Å²) in [6, 6.07) is 0. The molecular formula is C14H34. The van der Waals surface area contributed by atoms with E-state index in [0.717, 1.165) is 11.8 Å². The molecule has 14 heavy (non-hydrogen) atoms. The van der Waals surface area contributed by atoms with E-state index < -0.39 is 0 Å². The van der Waals surface area contributed by atoms with Crippen molar-refractivity contribution in [2.24, 2.45) is 11.8 Å². The predicted molar refractivity (Wildman–Crippen MR) is 70.8 cm³/mol. The van der Waals surface area contributed by atoms with Crippen LogP contribution in [-0.2, 0) is 0 Å². The van der Waals surface area contributed by atoms with Crippen molar-refractivity contribution in [3.63, 3.8) is 0 Å². The molecule has 0 aliphatic carbocycles. The van der Waals surface area contributed by atoms with Gasteiger partial charge in [0.05, 0.1) is 0 Å². The summed E-state index contributed by atoms with van der Waals surface area (Å²) in [5.41, 5.74) is 0. The third-order valence-corrected chi connectivity index (χ3v) is 2.18. The van der Waals surface area contributed by atoms with Crippen molar-refractivity contribution < 1.29 is 0 Å². The number of rotatable bonds is 5. The third-order valence-electron chi connectivity index (χ3n) is 2.18. The smallest absolute Gasteiger partial charge is 0.0445 e. The van der Waals surface area contributed by atoms with Crippen LogP contribution in [0.4, 0.5) is 0 Å². The van der Waals surface area contributed by atoms with E-state index in [9.17, 15) is 0 Å². The van der Waals surface area contributed by atoms with Crippen molar-refractivity contribution in [3.05, 3.63) is 0 Å². The van der Waals surface area contributed by atoms with Gasteiger partial charge >= 0.3 is 0 Å². The minimum atomic E-state index is 0.893. The molecule has 0 spiro atoms. The molecule has 0 nitrogen and oxygen atoms in total. The van der Waals surface area contributed by atoms with Crippen LogP contribution in [0.25, 0.3) is 0 Å². The first-order valence-corrected chi connectivity index (χ1v) is 6.66. The molecule has 0 saturated heterocycles. The van der Waals surface area contributed by atoms with Crippen LogP contribution in [-0.4, -0.2) is 0 Å². The molecule has 1 unspecified atom stereocenters. The first-order valence-electron chi connectivity index (χ1n) is 6.66. The second-order valence-electron chi connectivity index (χ2n) is 3.84. The summed E-state index contributed by atoms with van der Waals surface area (Å²) in [6.45, 7) is 17.2. The van der Waals surface area contributed by atoms with Crippen molar-refractivity contribution >= 4 is 0 Å². The van der Waals surface area contributed by atoms with Crippen LogP contribution >= 0.6 is 0 Å². The van der Waals surface area contributed by atoms with E-state index in [-0.39, 0.29) is 0 Å². The van der Waals surface area contributed by atoms with Gasteiger partial charge in [-0.1, -0.05) is 81.1 Å². The fourth-order valence-corrected chi connectivity index (χ4v) is 1.08. The van der Waals surface area contributed by atoms with Crippen LogP contribution in [0.1, 0.15) is 81.1 Å². The highest BCUT2D eigenvalue weighted by Crippen LogP contribution is 2.14. The molecule has 0 bridgehead atoms. The van der Waals surface area contributed by atoms with Gasteiger partial charge in [-0.3, -0.25) is 0 Å². The number of hydrogen-bond donors (Lipinski definition) is 0. The average molecular weight is 202 g/mol. The van der Waals surface area contributed by atoms with Gasteiger partial charge in [-0.15, -0.1) is 0 Å². The van der Waals surface area contributed by atoms with E-state index in [0.29, 0.717) is 0 Å². The van der Waals surface area contributed by atoms with E-state index >= 15 is 0 Å². The average Bonchev–Trinajstić information content (AvgIpc) is 2.23. The maximum Gasteiger partial charge on any atom is -0.0445 e. The fourth-order valence-electron chi connectivity index (χ4n) is 1.08. The molecule has 0 radical (unpaired) electrons. The Morgan fingerprint density at radius 3 is 1.50 bits per heavy atom. The molecule has 0 heteroatoms. The van der Waals surface area contributed by atoms with Crippen LogP contribution < -0.4 is 0 Å². The summed E-state index contributed by atoms with van der Waals surface area (Å²) in [5.74, 6) is 1.84. The minimum absolute atomic E-state index is 0.893. The lowest BCUT2D eigenvalue weighted by atomic mass is 9.98. The van der Waals surface area contributed by atoms with E-state index in [1.54, 1.807) is 0 Å². The molecule has 1 atom stereocenters. The van der Waals surface area contributed by atoms with Gasteiger partial charge < -0.3 is 0 Å². The maximum absolute atomic E-state index is 2.35. The Hall–Kier alpha value is 0. The van der Waals surface area contributed by atoms with Crippen molar-refractivity contribution in [2.75, 3.05) is 0 Å². The monoisotopic (exact) mass is 202 g/mol. The first-order chi connectivity index (χ1) is 6.66. The van der Waals surface area contributed by atoms with Gasteiger partial charge in [0.1, 0.15) is 0 Å². The van der Waals surface area contributed by atoms with E-state index in [2.05, 4.69) is 27.7 Å². The van der Waals surface area contributed by atoms with Crippen LogP contribution in [0, 0.1) is 11.8 Å². The Kier molecular flexibility index (Phi) is 26.1. The van der Waals surface area contributed by atoms with Crippen LogP contribution in [0.3, 0.4) is 0 Å². The van der Waals surface area contributed by atoms with E-state index in [1.807, 2.05) is 27.7 Å². The van der Waals surface area contributed by atoms with Gasteiger partial charge in [-0.05, 0) is 11.8 Å². The summed E-state index contributed by atoms with van der Waals surface area (Å²) in [5, 5.41) is 0. The minimum Gasteiger partial charge on any atom is -0.0683 e. The molecule has 0 N–H and O–H groups in total. The topological polar surface area (TPSA) is 0 Å². The normalized spacial score (nSPS) is 10.9. The molecule has 0 fully saturated rings. The lowest BCUT2D eigenvalue weighted by Crippen LogP contribution is -1.94. The Labute approximate surface area is 93.5 Å². The van der Waals surface area contributed by atoms with Crippen molar-refractivity contribution in [3.8, 4) is 0 Å². The van der Waals surface area contributed by atoms with Crippen LogP contribution in [0.15, 0.2) is 0 Å². The van der Waals surface area contributed by atoms with Crippen molar-refractivity contribution in [2.45, 2.75) is 81.1 Å². The Balaban J connectivity index is -0.000000266. The lowest BCUT2D eigenvalue weighted by molar-refractivity contribution is 0.449. The molecule has 0 aromatic carbocycles. The van der Waals surface area contributed by atoms with Gasteiger partial charge in [0.2, 0.25) is 0 Å². The largest absolute Gasteiger partial charge is 0.0683 e. The molecule has 0 heterocycles. The molecule has 0 aliphatic heterocycles. The van der Waals surface area contributed by atoms with Gasteiger partial charge in [0.25, 0.3) is 0 Å². The summed E-state index contributed by atoms with van der Waals surface area (Å²) in [4.78, 5) is 0. The molecule has 0 aliphatic rings. The fraction of sp³-hybridized carbons (Fsp3) is 1.00. The second kappa shape index (κ2) is 18.7. The molecule has 0 aromatic rings. The zero-order valence-electron chi connectivity index (χ0n) is 12.0. The van der Waals surface area contributed by atoms with Crippen molar-refractivity contribution in [1.82, 2.24) is 0 Å². The van der Waals surface area contributed by atoms with Crippen LogP contribution in [0.5, 0.6) is 0 Å². The Morgan fingerprint density at radius 2 is 1.21 bits per heavy atom. The highest BCUT2D eigenvalue weighted by molar-refractivity contribution is 4.52. The second-order valence-corrected chi connectivity index (χ2v) is 3.84. The molecule has 0 amide bonds. The SMILES string of the molecule is CC.CC.CCC(C)CCCC(C)C. The molecule has 0 rings (SSSR count). The van der Waals surface area contributed by atoms with E-state index in [1.165, 1.54) is 25.7 Å². The van der Waals surface area contributed by atoms with Gasteiger partial charge in [-0.25, -0.2) is 0 Å². The third kappa shape index (κ3) is 22.7. The lowest BCUT2D eigenvalue weighted by Gasteiger charge is -2.08. The molecule has 0 saturated carbocycles. The maximum atomic E-state index is 2.35. The molecule has 90 valence electrons. The Bertz CT molecular complexity index is 64.4. The van der Waals surface area contributed by atoms with E-state index in [4.69, 9.17) is 0 Å². The van der Waals surface area contributed by atoms with Gasteiger partial charge in [0, 0.05) is 0 Å². The highest BCUT2D eigenvalue weighted by atomic mass is 14.0. The van der Waals surface area contributed by atoms with Crippen LogP contribution in [0.2, 0.25) is 0 Å². The van der Waals surface area contributed by atoms with Gasteiger partial charge in [-0.2, -0.15) is 0 Å².